The Hall–Kier alpha value is -3.36. The molecule has 1 amide bonds. The Balaban J connectivity index is 1.42. The molecule has 3 heterocycles. The van der Waals surface area contributed by atoms with Crippen LogP contribution in [-0.4, -0.2) is 52.3 Å². The standard InChI is InChI=1S/C30H33N3O7S2Si/c1-17-25-24(18(2)40-43(3,4)5)28(35)32(25)26(29(36)39-15-19-9-11-22(12-10-19)33(37)38)27(17)42-30-31-23(16-41-30)21-8-6-7-20(13-21)14-34/h6-13,16-18,24-25,34H,14-15H2,1-5H3/t17-,18-,24-,25-/m1/s1. The van der Waals surface area contributed by atoms with E-state index in [0.717, 1.165) is 16.8 Å². The lowest BCUT2D eigenvalue weighted by Gasteiger charge is -2.48. The number of aromatic nitrogens is 1. The number of nitro benzene ring substituents is 1. The number of carbonyl (C=O) groups is 2. The normalized spacial score (nSPS) is 20.6. The first-order valence-corrected chi connectivity index (χ1v) is 19.0. The summed E-state index contributed by atoms with van der Waals surface area (Å²) in [6.45, 7) is 10.0. The molecule has 0 spiro atoms. The number of thiazole rings is 1. The Morgan fingerprint density at radius 3 is 2.58 bits per heavy atom. The van der Waals surface area contributed by atoms with Gasteiger partial charge >= 0.3 is 5.97 Å². The summed E-state index contributed by atoms with van der Waals surface area (Å²) in [6, 6.07) is 13.1. The highest BCUT2D eigenvalue weighted by Crippen LogP contribution is 2.53. The number of amides is 1. The van der Waals surface area contributed by atoms with Gasteiger partial charge in [0.15, 0.2) is 12.7 Å². The van der Waals surface area contributed by atoms with E-state index in [0.29, 0.717) is 14.8 Å². The number of esters is 1. The van der Waals surface area contributed by atoms with E-state index in [4.69, 9.17) is 14.1 Å². The number of aliphatic hydroxyl groups is 1. The summed E-state index contributed by atoms with van der Waals surface area (Å²) in [5.74, 6) is -1.34. The summed E-state index contributed by atoms with van der Waals surface area (Å²) < 4.78 is 12.7. The average Bonchev–Trinajstić information content (AvgIpc) is 3.52. The van der Waals surface area contributed by atoms with Gasteiger partial charge in [-0.05, 0) is 55.9 Å². The van der Waals surface area contributed by atoms with Crippen LogP contribution in [0.2, 0.25) is 19.6 Å². The Morgan fingerprint density at radius 1 is 1.21 bits per heavy atom. The molecular formula is C30H33N3O7S2Si. The van der Waals surface area contributed by atoms with E-state index in [9.17, 15) is 24.8 Å². The number of benzene rings is 2. The molecule has 13 heteroatoms. The summed E-state index contributed by atoms with van der Waals surface area (Å²) in [7, 11) is -1.92. The molecule has 1 aromatic heterocycles. The third kappa shape index (κ3) is 6.45. The van der Waals surface area contributed by atoms with Crippen LogP contribution in [0.1, 0.15) is 25.0 Å². The molecule has 0 aliphatic carbocycles. The summed E-state index contributed by atoms with van der Waals surface area (Å²) in [6.07, 6.45) is -0.296. The van der Waals surface area contributed by atoms with Gasteiger partial charge in [-0.1, -0.05) is 36.9 Å². The minimum absolute atomic E-state index is 0.0540. The second-order valence-corrected chi connectivity index (χ2v) is 18.2. The van der Waals surface area contributed by atoms with Crippen molar-refractivity contribution in [1.29, 1.82) is 0 Å². The van der Waals surface area contributed by atoms with Gasteiger partial charge in [0, 0.05) is 33.9 Å². The monoisotopic (exact) mass is 639 g/mol. The van der Waals surface area contributed by atoms with Crippen molar-refractivity contribution in [2.24, 2.45) is 11.8 Å². The first-order chi connectivity index (χ1) is 20.4. The second-order valence-electron chi connectivity index (χ2n) is 11.6. The van der Waals surface area contributed by atoms with E-state index in [-0.39, 0.29) is 54.5 Å². The Morgan fingerprint density at radius 2 is 1.93 bits per heavy atom. The predicted molar refractivity (Wildman–Crippen MR) is 166 cm³/mol. The van der Waals surface area contributed by atoms with Crippen LogP contribution in [0.5, 0.6) is 0 Å². The maximum atomic E-state index is 13.6. The molecule has 1 saturated heterocycles. The number of thioether (sulfide) groups is 1. The highest BCUT2D eigenvalue weighted by atomic mass is 32.2. The zero-order chi connectivity index (χ0) is 31.1. The summed E-state index contributed by atoms with van der Waals surface area (Å²) in [5, 5.41) is 22.4. The van der Waals surface area contributed by atoms with Crippen molar-refractivity contribution in [3.8, 4) is 11.3 Å². The van der Waals surface area contributed by atoms with Gasteiger partial charge in [0.1, 0.15) is 12.3 Å². The molecular weight excluding hydrogens is 607 g/mol. The zero-order valence-corrected chi connectivity index (χ0v) is 27.1. The largest absolute Gasteiger partial charge is 0.456 e. The molecule has 0 unspecified atom stereocenters. The summed E-state index contributed by atoms with van der Waals surface area (Å²) in [5.41, 5.74) is 3.17. The fourth-order valence-electron chi connectivity index (χ4n) is 5.56. The Kier molecular flexibility index (Phi) is 8.91. The lowest BCUT2D eigenvalue weighted by molar-refractivity contribution is -0.384. The van der Waals surface area contributed by atoms with Gasteiger partial charge in [0.05, 0.1) is 35.3 Å². The molecule has 10 nitrogen and oxygen atoms in total. The first-order valence-electron chi connectivity index (χ1n) is 13.9. The molecule has 1 fully saturated rings. The number of hydrogen-bond acceptors (Lipinski definition) is 10. The van der Waals surface area contributed by atoms with E-state index in [1.807, 2.05) is 43.5 Å². The van der Waals surface area contributed by atoms with E-state index in [1.165, 1.54) is 35.2 Å². The van der Waals surface area contributed by atoms with Gasteiger partial charge in [0.2, 0.25) is 5.91 Å². The minimum atomic E-state index is -1.92. The van der Waals surface area contributed by atoms with E-state index in [2.05, 4.69) is 19.6 Å². The van der Waals surface area contributed by atoms with Crippen molar-refractivity contribution >= 4 is 49.0 Å². The fraction of sp³-hybridized carbons (Fsp3) is 0.367. The molecule has 2 aliphatic rings. The number of β-lactam (4-membered cyclic amide) rings is 1. The van der Waals surface area contributed by atoms with Crippen molar-refractivity contribution in [2.45, 2.75) is 63.2 Å². The molecule has 2 aromatic carbocycles. The number of carbonyl (C=O) groups excluding carboxylic acids is 2. The van der Waals surface area contributed by atoms with E-state index < -0.39 is 19.2 Å². The van der Waals surface area contributed by atoms with Crippen molar-refractivity contribution in [1.82, 2.24) is 9.88 Å². The van der Waals surface area contributed by atoms with Gasteiger partial charge in [0.25, 0.3) is 5.69 Å². The molecule has 0 saturated carbocycles. The maximum Gasteiger partial charge on any atom is 0.356 e. The molecule has 226 valence electrons. The van der Waals surface area contributed by atoms with Gasteiger partial charge < -0.3 is 19.2 Å². The van der Waals surface area contributed by atoms with E-state index in [1.54, 1.807) is 17.0 Å². The zero-order valence-electron chi connectivity index (χ0n) is 24.5. The Labute approximate surface area is 259 Å². The third-order valence-electron chi connectivity index (χ3n) is 7.43. The number of rotatable bonds is 11. The van der Waals surface area contributed by atoms with E-state index >= 15 is 0 Å². The lowest BCUT2D eigenvalue weighted by Crippen LogP contribution is -2.64. The molecule has 1 N–H and O–H groups in total. The van der Waals surface area contributed by atoms with Gasteiger partial charge in [-0.2, -0.15) is 0 Å². The molecule has 0 radical (unpaired) electrons. The van der Waals surface area contributed by atoms with Crippen LogP contribution >= 0.6 is 23.1 Å². The first kappa shape index (κ1) is 31.1. The number of fused-ring (bicyclic) bond motifs is 1. The van der Waals surface area contributed by atoms with Crippen molar-refractivity contribution < 1.29 is 28.8 Å². The van der Waals surface area contributed by atoms with Crippen molar-refractivity contribution in [2.75, 3.05) is 0 Å². The third-order valence-corrected chi connectivity index (χ3v) is 10.7. The number of non-ortho nitro benzene ring substituents is 1. The summed E-state index contributed by atoms with van der Waals surface area (Å²) >= 11 is 2.80. The highest BCUT2D eigenvalue weighted by molar-refractivity contribution is 8.04. The number of aliphatic hydroxyl groups excluding tert-OH is 1. The Bertz CT molecular complexity index is 1580. The molecule has 3 aromatic rings. The lowest BCUT2D eigenvalue weighted by atomic mass is 9.79. The topological polar surface area (TPSA) is 132 Å². The van der Waals surface area contributed by atoms with Crippen LogP contribution in [0.25, 0.3) is 11.3 Å². The number of ether oxygens (including phenoxy) is 1. The molecule has 4 atom stereocenters. The smallest absolute Gasteiger partial charge is 0.356 e. The quantitative estimate of drug-likeness (QED) is 0.0885. The van der Waals surface area contributed by atoms with Crippen molar-refractivity contribution in [3.05, 3.63) is 85.8 Å². The van der Waals surface area contributed by atoms with Crippen LogP contribution in [0.3, 0.4) is 0 Å². The van der Waals surface area contributed by atoms with Crippen molar-refractivity contribution in [3.63, 3.8) is 0 Å². The van der Waals surface area contributed by atoms with Crippen LogP contribution < -0.4 is 0 Å². The van der Waals surface area contributed by atoms with Gasteiger partial charge in [-0.25, -0.2) is 9.78 Å². The molecule has 5 rings (SSSR count). The molecule has 43 heavy (non-hydrogen) atoms. The molecule has 2 aliphatic heterocycles. The second kappa shape index (κ2) is 12.3. The molecule has 0 bridgehead atoms. The summed E-state index contributed by atoms with van der Waals surface area (Å²) in [4.78, 5) is 44.7. The number of nitro groups is 1. The minimum Gasteiger partial charge on any atom is -0.456 e. The SMILES string of the molecule is C[C@@H](O[Si](C)(C)C)[C@H]1C(=O)N2C(C(=O)OCc3ccc([N+](=O)[O-])cc3)=C(Sc3nc(-c4cccc(CO)c4)cs3)[C@H](C)[C@H]12. The average molecular weight is 640 g/mol. The number of nitrogens with zero attached hydrogens (tertiary/aromatic N) is 3. The van der Waals surface area contributed by atoms with Gasteiger partial charge in [-0.15, -0.1) is 11.3 Å². The predicted octanol–water partition coefficient (Wildman–Crippen LogP) is 5.97. The van der Waals surface area contributed by atoms with Gasteiger partial charge in [-0.3, -0.25) is 14.9 Å². The van der Waals surface area contributed by atoms with Crippen LogP contribution in [0.15, 0.2) is 68.9 Å². The van der Waals surface area contributed by atoms with Crippen LogP contribution in [-0.2, 0) is 32.0 Å². The highest BCUT2D eigenvalue weighted by Gasteiger charge is 2.61. The van der Waals surface area contributed by atoms with Crippen LogP contribution in [0.4, 0.5) is 5.69 Å². The number of hydrogen-bond donors (Lipinski definition) is 1. The van der Waals surface area contributed by atoms with Crippen LogP contribution in [0, 0.1) is 22.0 Å². The fourth-order valence-corrected chi connectivity index (χ4v) is 8.91. The maximum absolute atomic E-state index is 13.6.